The van der Waals surface area contributed by atoms with E-state index in [2.05, 4.69) is 15.4 Å². The normalized spacial score (nSPS) is 11.0. The number of aryl methyl sites for hydroxylation is 2. The molecule has 0 saturated heterocycles. The molecule has 0 aromatic heterocycles. The monoisotopic (exact) mass is 429 g/mol. The highest BCUT2D eigenvalue weighted by Gasteiger charge is 2.15. The van der Waals surface area contributed by atoms with Gasteiger partial charge in [0.05, 0.1) is 10.6 Å². The van der Waals surface area contributed by atoms with Gasteiger partial charge in [0.15, 0.2) is 0 Å². The molecule has 8 heteroatoms. The van der Waals surface area contributed by atoms with Crippen LogP contribution in [0.25, 0.3) is 0 Å². The van der Waals surface area contributed by atoms with Crippen LogP contribution in [-0.2, 0) is 10.0 Å². The third-order valence-corrected chi connectivity index (χ3v) is 5.78. The Bertz CT molecular complexity index is 1130. The van der Waals surface area contributed by atoms with E-state index in [1.54, 1.807) is 30.3 Å². The Labute approximate surface area is 175 Å². The van der Waals surface area contributed by atoms with Crippen LogP contribution < -0.4 is 15.4 Å². The van der Waals surface area contributed by atoms with Crippen LogP contribution in [0.15, 0.2) is 71.6 Å². The number of carbonyl (C=O) groups is 1. The van der Waals surface area contributed by atoms with Crippen molar-refractivity contribution in [2.75, 3.05) is 15.4 Å². The molecule has 0 aliphatic heterocycles. The molecule has 0 atom stereocenters. The minimum atomic E-state index is -3.74. The second kappa shape index (κ2) is 8.55. The maximum atomic E-state index is 12.6. The van der Waals surface area contributed by atoms with Gasteiger partial charge in [0.2, 0.25) is 0 Å². The van der Waals surface area contributed by atoms with E-state index < -0.39 is 16.1 Å². The molecule has 3 aromatic rings. The summed E-state index contributed by atoms with van der Waals surface area (Å²) in [6.07, 6.45) is 0. The molecule has 6 nitrogen and oxygen atoms in total. The number of nitrogens with one attached hydrogen (secondary N) is 3. The van der Waals surface area contributed by atoms with E-state index >= 15 is 0 Å². The van der Waals surface area contributed by atoms with E-state index in [4.69, 9.17) is 11.6 Å². The summed E-state index contributed by atoms with van der Waals surface area (Å²) in [6.45, 7) is 3.79. The number of hydrogen-bond acceptors (Lipinski definition) is 3. The third kappa shape index (κ3) is 5.49. The van der Waals surface area contributed by atoms with Crippen LogP contribution in [-0.4, -0.2) is 14.4 Å². The number of carbonyl (C=O) groups excluding carboxylic acids is 1. The molecule has 3 aromatic carbocycles. The molecule has 2 amide bonds. The fraction of sp³-hybridized carbons (Fsp3) is 0.0952. The zero-order chi connectivity index (χ0) is 21.0. The molecule has 3 N–H and O–H groups in total. The molecule has 29 heavy (non-hydrogen) atoms. The van der Waals surface area contributed by atoms with Crippen LogP contribution in [0.3, 0.4) is 0 Å². The molecular weight excluding hydrogens is 410 g/mol. The highest BCUT2D eigenvalue weighted by molar-refractivity contribution is 7.92. The fourth-order valence-corrected chi connectivity index (χ4v) is 3.93. The van der Waals surface area contributed by atoms with Gasteiger partial charge >= 0.3 is 6.03 Å². The number of anilines is 3. The lowest BCUT2D eigenvalue weighted by atomic mass is 10.1. The van der Waals surface area contributed by atoms with Gasteiger partial charge in [-0.15, -0.1) is 0 Å². The Balaban J connectivity index is 1.67. The SMILES string of the molecule is Cc1ccc(NS(=O)(=O)c2ccc(NC(=O)Nc3ccc(Cl)cc3)cc2)c(C)c1. The Hall–Kier alpha value is -3.03. The first-order valence-corrected chi connectivity index (χ1v) is 10.6. The summed E-state index contributed by atoms with van der Waals surface area (Å²) in [5, 5.41) is 5.89. The number of rotatable bonds is 5. The van der Waals surface area contributed by atoms with Crippen molar-refractivity contribution in [3.8, 4) is 0 Å². The number of benzene rings is 3. The van der Waals surface area contributed by atoms with Crippen LogP contribution in [0.4, 0.5) is 21.9 Å². The molecule has 0 saturated carbocycles. The molecule has 0 bridgehead atoms. The average molecular weight is 430 g/mol. The standard InChI is InChI=1S/C21H20ClN3O3S/c1-14-3-12-20(15(2)13-14)25-29(27,28)19-10-8-18(9-11-19)24-21(26)23-17-6-4-16(22)5-7-17/h3-13,25H,1-2H3,(H2,23,24,26). The number of hydrogen-bond donors (Lipinski definition) is 3. The molecule has 0 aliphatic rings. The predicted octanol–water partition coefficient (Wildman–Crippen LogP) is 5.40. The van der Waals surface area contributed by atoms with Gasteiger partial charge in [-0.05, 0) is 74.0 Å². The highest BCUT2D eigenvalue weighted by atomic mass is 35.5. The van der Waals surface area contributed by atoms with E-state index in [0.717, 1.165) is 11.1 Å². The van der Waals surface area contributed by atoms with Crippen molar-refractivity contribution in [3.05, 3.63) is 82.9 Å². The van der Waals surface area contributed by atoms with Crippen LogP contribution in [0, 0.1) is 13.8 Å². The Morgan fingerprint density at radius 3 is 1.93 bits per heavy atom. The molecular formula is C21H20ClN3O3S. The summed E-state index contributed by atoms with van der Waals surface area (Å²) in [5.74, 6) is 0. The van der Waals surface area contributed by atoms with Crippen LogP contribution in [0.5, 0.6) is 0 Å². The van der Waals surface area contributed by atoms with Crippen LogP contribution in [0.1, 0.15) is 11.1 Å². The van der Waals surface area contributed by atoms with E-state index in [9.17, 15) is 13.2 Å². The van der Waals surface area contributed by atoms with Crippen molar-refractivity contribution in [3.63, 3.8) is 0 Å². The fourth-order valence-electron chi connectivity index (χ4n) is 2.68. The van der Waals surface area contributed by atoms with Gasteiger partial charge in [-0.3, -0.25) is 4.72 Å². The number of amides is 2. The second-order valence-electron chi connectivity index (χ2n) is 6.53. The molecule has 0 unspecified atom stereocenters. The molecule has 0 radical (unpaired) electrons. The number of sulfonamides is 1. The van der Waals surface area contributed by atoms with E-state index in [1.165, 1.54) is 24.3 Å². The van der Waals surface area contributed by atoms with E-state index in [-0.39, 0.29) is 4.90 Å². The minimum Gasteiger partial charge on any atom is -0.308 e. The summed E-state index contributed by atoms with van der Waals surface area (Å²) < 4.78 is 27.8. The molecule has 0 spiro atoms. The zero-order valence-electron chi connectivity index (χ0n) is 15.9. The number of urea groups is 1. The zero-order valence-corrected chi connectivity index (χ0v) is 17.4. The second-order valence-corrected chi connectivity index (χ2v) is 8.65. The van der Waals surface area contributed by atoms with E-state index in [0.29, 0.717) is 22.1 Å². The predicted molar refractivity (Wildman–Crippen MR) is 117 cm³/mol. The van der Waals surface area contributed by atoms with Crippen LogP contribution in [0.2, 0.25) is 5.02 Å². The lowest BCUT2D eigenvalue weighted by Gasteiger charge is -2.12. The van der Waals surface area contributed by atoms with Crippen molar-refractivity contribution in [1.82, 2.24) is 0 Å². The Morgan fingerprint density at radius 1 is 0.828 bits per heavy atom. The largest absolute Gasteiger partial charge is 0.323 e. The minimum absolute atomic E-state index is 0.0983. The van der Waals surface area contributed by atoms with Crippen molar-refractivity contribution in [2.24, 2.45) is 0 Å². The van der Waals surface area contributed by atoms with Gasteiger partial charge in [-0.25, -0.2) is 13.2 Å². The van der Waals surface area contributed by atoms with Gasteiger partial charge in [0, 0.05) is 16.4 Å². The Morgan fingerprint density at radius 2 is 1.38 bits per heavy atom. The lowest BCUT2D eigenvalue weighted by molar-refractivity contribution is 0.262. The third-order valence-electron chi connectivity index (χ3n) is 4.15. The molecule has 3 rings (SSSR count). The summed E-state index contributed by atoms with van der Waals surface area (Å²) in [7, 11) is -3.74. The first kappa shape index (κ1) is 20.7. The van der Waals surface area contributed by atoms with Gasteiger partial charge in [0.1, 0.15) is 0 Å². The number of halogens is 1. The van der Waals surface area contributed by atoms with Crippen molar-refractivity contribution >= 4 is 44.7 Å². The van der Waals surface area contributed by atoms with Crippen molar-refractivity contribution < 1.29 is 13.2 Å². The molecule has 150 valence electrons. The molecule has 0 aliphatic carbocycles. The molecule has 0 heterocycles. The summed E-state index contributed by atoms with van der Waals surface area (Å²) in [6, 6.07) is 17.6. The summed E-state index contributed by atoms with van der Waals surface area (Å²) in [4.78, 5) is 12.2. The Kier molecular flexibility index (Phi) is 6.10. The van der Waals surface area contributed by atoms with Crippen molar-refractivity contribution in [2.45, 2.75) is 18.7 Å². The van der Waals surface area contributed by atoms with E-state index in [1.807, 2.05) is 26.0 Å². The van der Waals surface area contributed by atoms with Gasteiger partial charge in [-0.2, -0.15) is 0 Å². The smallest absolute Gasteiger partial charge is 0.308 e. The lowest BCUT2D eigenvalue weighted by Crippen LogP contribution is -2.19. The highest BCUT2D eigenvalue weighted by Crippen LogP contribution is 2.22. The quantitative estimate of drug-likeness (QED) is 0.507. The van der Waals surface area contributed by atoms with Gasteiger partial charge < -0.3 is 10.6 Å². The maximum Gasteiger partial charge on any atom is 0.323 e. The van der Waals surface area contributed by atoms with Crippen LogP contribution >= 0.6 is 11.6 Å². The summed E-state index contributed by atoms with van der Waals surface area (Å²) in [5.41, 5.74) is 3.47. The first-order valence-electron chi connectivity index (χ1n) is 8.77. The van der Waals surface area contributed by atoms with Gasteiger partial charge in [-0.1, -0.05) is 29.3 Å². The first-order chi connectivity index (χ1) is 13.7. The topological polar surface area (TPSA) is 87.3 Å². The average Bonchev–Trinajstić information content (AvgIpc) is 2.66. The summed E-state index contributed by atoms with van der Waals surface area (Å²) >= 11 is 5.81. The van der Waals surface area contributed by atoms with Crippen molar-refractivity contribution in [1.29, 1.82) is 0 Å². The molecule has 0 fully saturated rings. The van der Waals surface area contributed by atoms with Gasteiger partial charge in [0.25, 0.3) is 10.0 Å². The maximum absolute atomic E-state index is 12.6.